The van der Waals surface area contributed by atoms with Crippen LogP contribution < -0.4 is 11.1 Å². The van der Waals surface area contributed by atoms with Gasteiger partial charge in [0.25, 0.3) is 0 Å². The number of carbonyl (C=O) groups is 2. The molecule has 5 nitrogen and oxygen atoms in total. The van der Waals surface area contributed by atoms with E-state index in [9.17, 15) is 9.59 Å². The molecule has 0 saturated heterocycles. The van der Waals surface area contributed by atoms with Gasteiger partial charge >= 0.3 is 0 Å². The summed E-state index contributed by atoms with van der Waals surface area (Å²) in [5.41, 5.74) is 8.68. The number of likely N-dealkylation sites (N-methyl/N-ethyl adjacent to an activating group) is 1. The fourth-order valence-electron chi connectivity index (χ4n) is 3.51. The topological polar surface area (TPSA) is 75.4 Å². The normalized spacial score (nSPS) is 23.6. The maximum Gasteiger partial charge on any atom is 0.243 e. The van der Waals surface area contributed by atoms with Gasteiger partial charge in [-0.1, -0.05) is 31.0 Å². The summed E-state index contributed by atoms with van der Waals surface area (Å²) >= 11 is 0. The van der Waals surface area contributed by atoms with E-state index in [0.717, 1.165) is 42.5 Å². The third-order valence-electron chi connectivity index (χ3n) is 5.05. The molecule has 3 N–H and O–H groups in total. The molecule has 5 heteroatoms. The van der Waals surface area contributed by atoms with Gasteiger partial charge in [0.1, 0.15) is 0 Å². The number of hydrogen-bond donors (Lipinski definition) is 2. The van der Waals surface area contributed by atoms with E-state index in [1.165, 1.54) is 4.90 Å². The number of para-hydroxylation sites is 1. The Morgan fingerprint density at radius 1 is 1.29 bits per heavy atom. The van der Waals surface area contributed by atoms with E-state index < -0.39 is 5.54 Å². The van der Waals surface area contributed by atoms with Crippen LogP contribution in [0.3, 0.4) is 0 Å². The van der Waals surface area contributed by atoms with E-state index in [1.54, 1.807) is 7.05 Å². The Kier molecular flexibility index (Phi) is 5.65. The van der Waals surface area contributed by atoms with Crippen LogP contribution in [0.15, 0.2) is 18.2 Å². The third-order valence-corrected chi connectivity index (χ3v) is 5.05. The van der Waals surface area contributed by atoms with Gasteiger partial charge in [0.15, 0.2) is 0 Å². The monoisotopic (exact) mass is 331 g/mol. The van der Waals surface area contributed by atoms with Crippen LogP contribution in [0.2, 0.25) is 0 Å². The van der Waals surface area contributed by atoms with E-state index in [0.29, 0.717) is 0 Å². The Bertz CT molecular complexity index is 605. The van der Waals surface area contributed by atoms with Crippen LogP contribution in [-0.2, 0) is 9.59 Å². The molecule has 132 valence electrons. The summed E-state index contributed by atoms with van der Waals surface area (Å²) in [6, 6.07) is 5.87. The largest absolute Gasteiger partial charge is 0.336 e. The lowest BCUT2D eigenvalue weighted by Crippen LogP contribution is -2.53. The number of benzene rings is 1. The molecule has 0 aliphatic heterocycles. The second-order valence-corrected chi connectivity index (χ2v) is 7.31. The Hall–Kier alpha value is -1.88. The Morgan fingerprint density at radius 3 is 2.50 bits per heavy atom. The number of aryl methyl sites for hydroxylation is 2. The molecule has 0 aromatic heterocycles. The van der Waals surface area contributed by atoms with Gasteiger partial charge in [-0.3, -0.25) is 9.59 Å². The fourth-order valence-corrected chi connectivity index (χ4v) is 3.51. The summed E-state index contributed by atoms with van der Waals surface area (Å²) in [5, 5.41) is 2.92. The number of hydrogen-bond acceptors (Lipinski definition) is 3. The van der Waals surface area contributed by atoms with Crippen LogP contribution in [-0.4, -0.2) is 35.8 Å². The van der Waals surface area contributed by atoms with Crippen LogP contribution >= 0.6 is 0 Å². The molecule has 2 unspecified atom stereocenters. The molecule has 2 amide bonds. The van der Waals surface area contributed by atoms with E-state index in [1.807, 2.05) is 39.0 Å². The van der Waals surface area contributed by atoms with Crippen LogP contribution in [0.1, 0.15) is 43.7 Å². The fraction of sp³-hybridized carbons (Fsp3) is 0.579. The molecule has 1 saturated carbocycles. The number of nitrogens with zero attached hydrogens (tertiary/aromatic N) is 1. The molecule has 0 heterocycles. The molecular formula is C19H29N3O2. The summed E-state index contributed by atoms with van der Waals surface area (Å²) in [4.78, 5) is 26.5. The van der Waals surface area contributed by atoms with Crippen molar-refractivity contribution in [2.45, 2.75) is 52.0 Å². The van der Waals surface area contributed by atoms with Gasteiger partial charge in [-0.2, -0.15) is 0 Å². The summed E-state index contributed by atoms with van der Waals surface area (Å²) < 4.78 is 0. The molecule has 0 bridgehead atoms. The average Bonchev–Trinajstić information content (AvgIpc) is 2.50. The Balaban J connectivity index is 1.99. The second kappa shape index (κ2) is 7.34. The quantitative estimate of drug-likeness (QED) is 0.890. The van der Waals surface area contributed by atoms with Crippen molar-refractivity contribution in [2.24, 2.45) is 11.7 Å². The SMILES string of the molecule is Cc1cccc(C)c1NC(=O)CN(C)C(=O)C1CCCCC1(C)N. The van der Waals surface area contributed by atoms with Gasteiger partial charge in [-0.25, -0.2) is 0 Å². The summed E-state index contributed by atoms with van der Waals surface area (Å²) in [6.45, 7) is 5.90. The van der Waals surface area contributed by atoms with E-state index in [2.05, 4.69) is 5.32 Å². The lowest BCUT2D eigenvalue weighted by atomic mass is 9.74. The third kappa shape index (κ3) is 4.15. The molecule has 1 aliphatic rings. The van der Waals surface area contributed by atoms with Crippen molar-refractivity contribution in [3.8, 4) is 0 Å². The maximum atomic E-state index is 12.7. The number of rotatable bonds is 4. The lowest BCUT2D eigenvalue weighted by molar-refractivity contribution is -0.139. The molecule has 1 aromatic rings. The first-order valence-corrected chi connectivity index (χ1v) is 8.62. The Morgan fingerprint density at radius 2 is 1.92 bits per heavy atom. The predicted octanol–water partition coefficient (Wildman–Crippen LogP) is 2.61. The van der Waals surface area contributed by atoms with Crippen LogP contribution in [0.25, 0.3) is 0 Å². The molecule has 24 heavy (non-hydrogen) atoms. The van der Waals surface area contributed by atoms with Gasteiger partial charge in [-0.15, -0.1) is 0 Å². The molecule has 2 rings (SSSR count). The van der Waals surface area contributed by atoms with Gasteiger partial charge in [0.05, 0.1) is 12.5 Å². The highest BCUT2D eigenvalue weighted by atomic mass is 16.2. The number of nitrogens with one attached hydrogen (secondary N) is 1. The number of amides is 2. The summed E-state index contributed by atoms with van der Waals surface area (Å²) in [6.07, 6.45) is 3.74. The van der Waals surface area contributed by atoms with Crippen LogP contribution in [0.5, 0.6) is 0 Å². The minimum Gasteiger partial charge on any atom is -0.336 e. The zero-order valence-electron chi connectivity index (χ0n) is 15.2. The van der Waals surface area contributed by atoms with E-state index in [-0.39, 0.29) is 24.3 Å². The highest BCUT2D eigenvalue weighted by Crippen LogP contribution is 2.32. The first kappa shape index (κ1) is 18.5. The summed E-state index contributed by atoms with van der Waals surface area (Å²) in [7, 11) is 1.68. The number of nitrogens with two attached hydrogens (primary N) is 1. The molecule has 2 atom stereocenters. The van der Waals surface area contributed by atoms with Crippen molar-refractivity contribution < 1.29 is 9.59 Å². The first-order chi connectivity index (χ1) is 11.2. The molecule has 1 aliphatic carbocycles. The van der Waals surface area contributed by atoms with Gasteiger partial charge in [0, 0.05) is 18.3 Å². The number of carbonyl (C=O) groups excluding carboxylic acids is 2. The second-order valence-electron chi connectivity index (χ2n) is 7.31. The highest BCUT2D eigenvalue weighted by molar-refractivity contribution is 5.96. The van der Waals surface area contributed by atoms with Crippen molar-refractivity contribution in [1.29, 1.82) is 0 Å². The molecule has 1 fully saturated rings. The first-order valence-electron chi connectivity index (χ1n) is 8.62. The highest BCUT2D eigenvalue weighted by Gasteiger charge is 2.39. The number of anilines is 1. The van der Waals surface area contributed by atoms with Crippen molar-refractivity contribution in [2.75, 3.05) is 18.9 Å². The zero-order valence-corrected chi connectivity index (χ0v) is 15.2. The van der Waals surface area contributed by atoms with Crippen molar-refractivity contribution in [1.82, 2.24) is 4.90 Å². The molecular weight excluding hydrogens is 302 g/mol. The van der Waals surface area contributed by atoms with Crippen LogP contribution in [0, 0.1) is 19.8 Å². The minimum absolute atomic E-state index is 0.0312. The van der Waals surface area contributed by atoms with E-state index in [4.69, 9.17) is 5.73 Å². The van der Waals surface area contributed by atoms with Crippen molar-refractivity contribution in [3.05, 3.63) is 29.3 Å². The van der Waals surface area contributed by atoms with Crippen molar-refractivity contribution >= 4 is 17.5 Å². The zero-order chi connectivity index (χ0) is 17.9. The van der Waals surface area contributed by atoms with E-state index >= 15 is 0 Å². The Labute approximate surface area is 144 Å². The summed E-state index contributed by atoms with van der Waals surface area (Å²) in [5.74, 6) is -0.418. The molecule has 0 radical (unpaired) electrons. The molecule has 0 spiro atoms. The maximum absolute atomic E-state index is 12.7. The van der Waals surface area contributed by atoms with Crippen LogP contribution in [0.4, 0.5) is 5.69 Å². The van der Waals surface area contributed by atoms with Crippen molar-refractivity contribution in [3.63, 3.8) is 0 Å². The standard InChI is InChI=1S/C19H29N3O2/c1-13-8-7-9-14(2)17(13)21-16(23)12-22(4)18(24)15-10-5-6-11-19(15,3)20/h7-9,15H,5-6,10-12,20H2,1-4H3,(H,21,23). The van der Waals surface area contributed by atoms with Gasteiger partial charge in [0.2, 0.25) is 11.8 Å². The smallest absolute Gasteiger partial charge is 0.243 e. The van der Waals surface area contributed by atoms with Gasteiger partial charge < -0.3 is 16.0 Å². The predicted molar refractivity (Wildman–Crippen MR) is 96.7 cm³/mol. The van der Waals surface area contributed by atoms with Gasteiger partial charge in [-0.05, 0) is 44.7 Å². The lowest BCUT2D eigenvalue weighted by Gasteiger charge is -2.39. The molecule has 1 aromatic carbocycles. The minimum atomic E-state index is -0.479. The average molecular weight is 331 g/mol.